The Morgan fingerprint density at radius 3 is 1.00 bits per heavy atom. The van der Waals surface area contributed by atoms with E-state index in [4.69, 9.17) is 0 Å². The average molecular weight is 358 g/mol. The third kappa shape index (κ3) is 1.93. The van der Waals surface area contributed by atoms with Crippen LogP contribution in [0.2, 0.25) is 0 Å². The van der Waals surface area contributed by atoms with Gasteiger partial charge in [-0.2, -0.15) is 0 Å². The summed E-state index contributed by atoms with van der Waals surface area (Å²) in [5, 5.41) is 0. The van der Waals surface area contributed by atoms with Crippen molar-refractivity contribution in [3.63, 3.8) is 0 Å². The van der Waals surface area contributed by atoms with Crippen LogP contribution >= 0.6 is 0 Å². The third-order valence-corrected chi connectivity index (χ3v) is 6.35. The zero-order chi connectivity index (χ0) is 19.3. The molecule has 3 aliphatic carbocycles. The first-order chi connectivity index (χ1) is 11.9. The molecule has 0 radical (unpaired) electrons. The minimum atomic E-state index is -0.606. The Labute approximate surface area is 153 Å². The van der Waals surface area contributed by atoms with E-state index in [1.54, 1.807) is 0 Å². The predicted molar refractivity (Wildman–Crippen MR) is 93.3 cm³/mol. The van der Waals surface area contributed by atoms with Gasteiger partial charge in [-0.1, -0.05) is 12.2 Å². The van der Waals surface area contributed by atoms with E-state index in [1.807, 2.05) is 53.7 Å². The maximum atomic E-state index is 13.1. The van der Waals surface area contributed by atoms with Crippen LogP contribution in [0.3, 0.4) is 0 Å². The van der Waals surface area contributed by atoms with Crippen molar-refractivity contribution in [2.24, 2.45) is 35.5 Å². The first-order valence-corrected chi connectivity index (χ1v) is 9.31. The topological polar surface area (TPSA) is 74.8 Å². The molecule has 2 aliphatic heterocycles. The molecule has 6 nitrogen and oxygen atoms in total. The molecule has 140 valence electrons. The standard InChI is InChI=1S/C20H26N2O4/c1-19(2,3)21-15(23)11-9-7-8-10(12(11)16(21)24)14-13(9)17(25)22(18(14)26)20(4,5)6/h7-14H,1-6H3/t9?,10?,11-,12-,13-,14+/m0/s1. The van der Waals surface area contributed by atoms with Crippen LogP contribution in [0, 0.1) is 35.5 Å². The van der Waals surface area contributed by atoms with Crippen molar-refractivity contribution in [1.82, 2.24) is 9.80 Å². The molecule has 0 aromatic rings. The summed E-state index contributed by atoms with van der Waals surface area (Å²) in [6.07, 6.45) is 3.81. The van der Waals surface area contributed by atoms with Gasteiger partial charge in [0.05, 0.1) is 23.7 Å². The Balaban J connectivity index is 1.80. The van der Waals surface area contributed by atoms with Crippen LogP contribution < -0.4 is 0 Å². The number of nitrogens with zero attached hydrogens (tertiary/aromatic N) is 2. The lowest BCUT2D eigenvalue weighted by atomic mass is 9.54. The van der Waals surface area contributed by atoms with Gasteiger partial charge in [0.25, 0.3) is 0 Å². The summed E-state index contributed by atoms with van der Waals surface area (Å²) < 4.78 is 0. The van der Waals surface area contributed by atoms with E-state index in [-0.39, 0.29) is 35.5 Å². The second-order valence-electron chi connectivity index (χ2n) is 10.0. The molecule has 26 heavy (non-hydrogen) atoms. The van der Waals surface area contributed by atoms with Gasteiger partial charge in [-0.05, 0) is 41.5 Å². The molecule has 2 bridgehead atoms. The zero-order valence-corrected chi connectivity index (χ0v) is 16.1. The van der Waals surface area contributed by atoms with Gasteiger partial charge >= 0.3 is 0 Å². The summed E-state index contributed by atoms with van der Waals surface area (Å²) in [5.41, 5.74) is -1.21. The van der Waals surface area contributed by atoms with Gasteiger partial charge in [-0.25, -0.2) is 0 Å². The lowest BCUT2D eigenvalue weighted by Gasteiger charge is -2.44. The van der Waals surface area contributed by atoms with E-state index < -0.39 is 34.7 Å². The fourth-order valence-electron chi connectivity index (χ4n) is 5.55. The summed E-state index contributed by atoms with van der Waals surface area (Å²) in [6.45, 7) is 11.0. The van der Waals surface area contributed by atoms with Crippen molar-refractivity contribution < 1.29 is 19.2 Å². The SMILES string of the molecule is CC(C)(C)N1C(=O)[C@@H]2C3C=CC([C@@H]2C1=O)[C@@H]1C(=O)N(C(C)(C)C)C(=O)[C@@H]31. The van der Waals surface area contributed by atoms with Crippen LogP contribution in [0.1, 0.15) is 41.5 Å². The molecule has 4 amide bonds. The van der Waals surface area contributed by atoms with Crippen LogP contribution in [0.25, 0.3) is 0 Å². The van der Waals surface area contributed by atoms with Crippen molar-refractivity contribution in [3.8, 4) is 0 Å². The molecular formula is C20H26N2O4. The van der Waals surface area contributed by atoms with Crippen molar-refractivity contribution in [2.75, 3.05) is 0 Å². The van der Waals surface area contributed by atoms with Gasteiger partial charge in [0.1, 0.15) is 0 Å². The van der Waals surface area contributed by atoms with Crippen LogP contribution in [-0.2, 0) is 19.2 Å². The van der Waals surface area contributed by atoms with Crippen molar-refractivity contribution >= 4 is 23.6 Å². The smallest absolute Gasteiger partial charge is 0.234 e. The first kappa shape index (κ1) is 17.4. The van der Waals surface area contributed by atoms with Crippen LogP contribution in [0.15, 0.2) is 12.2 Å². The van der Waals surface area contributed by atoms with Crippen LogP contribution in [-0.4, -0.2) is 44.5 Å². The van der Waals surface area contributed by atoms with Crippen molar-refractivity contribution in [1.29, 1.82) is 0 Å². The fourth-order valence-corrected chi connectivity index (χ4v) is 5.55. The fraction of sp³-hybridized carbons (Fsp3) is 0.700. The highest BCUT2D eigenvalue weighted by Crippen LogP contribution is 2.59. The van der Waals surface area contributed by atoms with Gasteiger partial charge in [-0.3, -0.25) is 29.0 Å². The Kier molecular flexibility index (Phi) is 3.25. The molecule has 2 saturated heterocycles. The number of amides is 4. The van der Waals surface area contributed by atoms with Gasteiger partial charge in [0.15, 0.2) is 0 Å². The Hall–Kier alpha value is -1.98. The summed E-state index contributed by atoms with van der Waals surface area (Å²) >= 11 is 0. The van der Waals surface area contributed by atoms with E-state index in [0.29, 0.717) is 0 Å². The largest absolute Gasteiger partial charge is 0.277 e. The number of rotatable bonds is 0. The van der Waals surface area contributed by atoms with Crippen molar-refractivity contribution in [3.05, 3.63) is 12.2 Å². The summed E-state index contributed by atoms with van der Waals surface area (Å²) in [4.78, 5) is 55.1. The highest BCUT2D eigenvalue weighted by atomic mass is 16.2. The molecular weight excluding hydrogens is 332 g/mol. The quantitative estimate of drug-likeness (QED) is 0.487. The monoisotopic (exact) mass is 358 g/mol. The average Bonchev–Trinajstić information content (AvgIpc) is 2.93. The van der Waals surface area contributed by atoms with Gasteiger partial charge in [-0.15, -0.1) is 0 Å². The van der Waals surface area contributed by atoms with Gasteiger partial charge < -0.3 is 0 Å². The maximum absolute atomic E-state index is 13.1. The molecule has 6 heteroatoms. The van der Waals surface area contributed by atoms with Crippen LogP contribution in [0.4, 0.5) is 0 Å². The van der Waals surface area contributed by atoms with E-state index in [2.05, 4.69) is 0 Å². The highest BCUT2D eigenvalue weighted by Gasteiger charge is 2.69. The number of carbonyl (C=O) groups is 4. The third-order valence-electron chi connectivity index (χ3n) is 6.35. The molecule has 0 N–H and O–H groups in total. The number of imide groups is 2. The molecule has 2 unspecified atom stereocenters. The molecule has 1 saturated carbocycles. The first-order valence-electron chi connectivity index (χ1n) is 9.31. The number of carbonyl (C=O) groups excluding carboxylic acids is 4. The Bertz CT molecular complexity index is 662. The number of hydrogen-bond donors (Lipinski definition) is 0. The lowest BCUT2D eigenvalue weighted by molar-refractivity contribution is -0.145. The minimum Gasteiger partial charge on any atom is -0.277 e. The van der Waals surface area contributed by atoms with Gasteiger partial charge in [0.2, 0.25) is 23.6 Å². The Morgan fingerprint density at radius 2 is 0.808 bits per heavy atom. The van der Waals surface area contributed by atoms with E-state index in [0.717, 1.165) is 0 Å². The summed E-state index contributed by atoms with van der Waals surface area (Å²) in [5.74, 6) is -3.60. The predicted octanol–water partition coefficient (Wildman–Crippen LogP) is 1.60. The molecule has 0 aromatic carbocycles. The molecule has 0 spiro atoms. The summed E-state index contributed by atoms with van der Waals surface area (Å²) in [6, 6.07) is 0. The molecule has 6 atom stereocenters. The number of hydrogen-bond acceptors (Lipinski definition) is 4. The summed E-state index contributed by atoms with van der Waals surface area (Å²) in [7, 11) is 0. The minimum absolute atomic E-state index is 0.195. The molecule has 5 aliphatic rings. The molecule has 2 heterocycles. The van der Waals surface area contributed by atoms with Crippen LogP contribution in [0.5, 0.6) is 0 Å². The molecule has 0 aromatic heterocycles. The second-order valence-corrected chi connectivity index (χ2v) is 10.0. The lowest BCUT2D eigenvalue weighted by Crippen LogP contribution is -2.50. The van der Waals surface area contributed by atoms with Crippen molar-refractivity contribution in [2.45, 2.75) is 52.6 Å². The second kappa shape index (κ2) is 4.84. The Morgan fingerprint density at radius 1 is 0.577 bits per heavy atom. The zero-order valence-electron chi connectivity index (χ0n) is 16.1. The highest BCUT2D eigenvalue weighted by molar-refractivity contribution is 6.11. The van der Waals surface area contributed by atoms with E-state index in [1.165, 1.54) is 9.80 Å². The maximum Gasteiger partial charge on any atom is 0.234 e. The number of allylic oxidation sites excluding steroid dienone is 2. The van der Waals surface area contributed by atoms with Gasteiger partial charge in [0, 0.05) is 22.9 Å². The normalized spacial score (nSPS) is 39.2. The molecule has 5 rings (SSSR count). The van der Waals surface area contributed by atoms with E-state index >= 15 is 0 Å². The molecule has 3 fully saturated rings. The van der Waals surface area contributed by atoms with E-state index in [9.17, 15) is 19.2 Å². The number of likely N-dealkylation sites (tertiary alicyclic amines) is 2.